The fourth-order valence-corrected chi connectivity index (χ4v) is 3.83. The molecule has 0 N–H and O–H groups in total. The molecule has 0 amide bonds. The van der Waals surface area contributed by atoms with Crippen molar-refractivity contribution in [3.8, 4) is 11.8 Å². The average Bonchev–Trinajstić information content (AvgIpc) is 2.47. The summed E-state index contributed by atoms with van der Waals surface area (Å²) in [7, 11) is 0. The highest BCUT2D eigenvalue weighted by atomic mass is 79.9. The van der Waals surface area contributed by atoms with Gasteiger partial charge >= 0.3 is 0 Å². The largest absolute Gasteiger partial charge is 0.478 e. The molecule has 2 aromatic carbocycles. The minimum atomic E-state index is -0.381. The molecule has 0 aromatic heterocycles. The predicted octanol–water partition coefficient (Wildman–Crippen LogP) is 6.01. The molecule has 0 bridgehead atoms. The molecular formula is C16H8Br3NO. The molecule has 1 unspecified atom stereocenters. The van der Waals surface area contributed by atoms with E-state index in [-0.39, 0.29) is 6.10 Å². The van der Waals surface area contributed by atoms with Crippen LogP contribution in [0, 0.1) is 11.3 Å². The van der Waals surface area contributed by atoms with Crippen molar-refractivity contribution in [1.29, 1.82) is 5.26 Å². The number of hydrogen-bond acceptors (Lipinski definition) is 2. The second-order valence-corrected chi connectivity index (χ2v) is 7.25. The van der Waals surface area contributed by atoms with Crippen LogP contribution in [0.25, 0.3) is 6.08 Å². The van der Waals surface area contributed by atoms with Crippen LogP contribution in [-0.4, -0.2) is 0 Å². The molecule has 1 atom stereocenters. The van der Waals surface area contributed by atoms with Crippen molar-refractivity contribution < 1.29 is 4.74 Å². The highest BCUT2D eigenvalue weighted by molar-refractivity contribution is 9.11. The maximum atomic E-state index is 9.41. The van der Waals surface area contributed by atoms with Gasteiger partial charge in [0.15, 0.2) is 6.10 Å². The Morgan fingerprint density at radius 1 is 1.00 bits per heavy atom. The van der Waals surface area contributed by atoms with E-state index in [0.29, 0.717) is 5.57 Å². The number of fused-ring (bicyclic) bond motifs is 1. The zero-order valence-corrected chi connectivity index (χ0v) is 15.4. The molecule has 0 spiro atoms. The minimum Gasteiger partial charge on any atom is -0.478 e. The molecule has 2 aromatic rings. The SMILES string of the molecule is N#CC1=Cc2cc(Br)cc(Br)c2OC1c1ccc(Br)cc1. The molecule has 2 nitrogen and oxygen atoms in total. The first kappa shape index (κ1) is 14.8. The first-order valence-electron chi connectivity index (χ1n) is 6.11. The number of benzene rings is 2. The Balaban J connectivity index is 2.10. The maximum absolute atomic E-state index is 9.41. The number of ether oxygens (including phenoxy) is 1. The van der Waals surface area contributed by atoms with Crippen molar-refractivity contribution in [2.45, 2.75) is 6.10 Å². The van der Waals surface area contributed by atoms with Gasteiger partial charge in [-0.15, -0.1) is 0 Å². The van der Waals surface area contributed by atoms with Crippen LogP contribution < -0.4 is 4.74 Å². The van der Waals surface area contributed by atoms with Crippen molar-refractivity contribution in [2.75, 3.05) is 0 Å². The second-order valence-electron chi connectivity index (χ2n) is 4.57. The van der Waals surface area contributed by atoms with Crippen molar-refractivity contribution >= 4 is 53.9 Å². The Hall–Kier alpha value is -1.09. The number of hydrogen-bond donors (Lipinski definition) is 0. The molecule has 0 aliphatic carbocycles. The molecule has 0 saturated carbocycles. The maximum Gasteiger partial charge on any atom is 0.159 e. The topological polar surface area (TPSA) is 33.0 Å². The van der Waals surface area contributed by atoms with Gasteiger partial charge < -0.3 is 4.74 Å². The van der Waals surface area contributed by atoms with E-state index in [9.17, 15) is 5.26 Å². The molecule has 5 heteroatoms. The summed E-state index contributed by atoms with van der Waals surface area (Å²) >= 11 is 10.4. The smallest absolute Gasteiger partial charge is 0.159 e. The van der Waals surface area contributed by atoms with Gasteiger partial charge in [0.1, 0.15) is 5.75 Å². The molecule has 3 rings (SSSR count). The lowest BCUT2D eigenvalue weighted by Crippen LogP contribution is -2.14. The van der Waals surface area contributed by atoms with Gasteiger partial charge in [-0.1, -0.05) is 44.0 Å². The van der Waals surface area contributed by atoms with Crippen molar-refractivity contribution in [1.82, 2.24) is 0 Å². The van der Waals surface area contributed by atoms with Crippen LogP contribution in [0.3, 0.4) is 0 Å². The van der Waals surface area contributed by atoms with Gasteiger partial charge in [-0.05, 0) is 51.8 Å². The fourth-order valence-electron chi connectivity index (χ4n) is 2.21. The summed E-state index contributed by atoms with van der Waals surface area (Å²) in [6, 6.07) is 13.9. The summed E-state index contributed by atoms with van der Waals surface area (Å²) < 4.78 is 8.87. The zero-order chi connectivity index (χ0) is 15.0. The third kappa shape index (κ3) is 2.94. The van der Waals surface area contributed by atoms with Crippen LogP contribution in [0.2, 0.25) is 0 Å². The molecular weight excluding hydrogens is 462 g/mol. The summed E-state index contributed by atoms with van der Waals surface area (Å²) in [5.41, 5.74) is 2.43. The van der Waals surface area contributed by atoms with Crippen molar-refractivity contribution in [3.63, 3.8) is 0 Å². The highest BCUT2D eigenvalue weighted by Gasteiger charge is 2.26. The van der Waals surface area contributed by atoms with Crippen LogP contribution in [-0.2, 0) is 0 Å². The lowest BCUT2D eigenvalue weighted by Gasteiger charge is -2.25. The van der Waals surface area contributed by atoms with E-state index in [4.69, 9.17) is 4.74 Å². The first-order valence-corrected chi connectivity index (χ1v) is 8.49. The van der Waals surface area contributed by atoms with Crippen molar-refractivity contribution in [3.05, 3.63) is 66.5 Å². The van der Waals surface area contributed by atoms with Crippen LogP contribution in [0.5, 0.6) is 5.75 Å². The summed E-state index contributed by atoms with van der Waals surface area (Å²) in [6.45, 7) is 0. The number of nitriles is 1. The summed E-state index contributed by atoms with van der Waals surface area (Å²) in [6.07, 6.45) is 1.49. The Kier molecular flexibility index (Phi) is 4.21. The molecule has 0 saturated heterocycles. The number of nitrogens with zero attached hydrogens (tertiary/aromatic N) is 1. The third-order valence-corrected chi connectivity index (χ3v) is 4.74. The molecule has 104 valence electrons. The van der Waals surface area contributed by atoms with E-state index in [1.54, 1.807) is 0 Å². The minimum absolute atomic E-state index is 0.381. The Bertz CT molecular complexity index is 775. The normalized spacial score (nSPS) is 16.5. The summed E-state index contributed by atoms with van der Waals surface area (Å²) in [5.74, 6) is 0.755. The van der Waals surface area contributed by atoms with E-state index in [1.807, 2.05) is 42.5 Å². The Morgan fingerprint density at radius 3 is 2.38 bits per heavy atom. The molecule has 0 fully saturated rings. The van der Waals surface area contributed by atoms with E-state index in [1.165, 1.54) is 0 Å². The lowest BCUT2D eigenvalue weighted by molar-refractivity contribution is 0.242. The van der Waals surface area contributed by atoms with E-state index in [2.05, 4.69) is 53.9 Å². The molecule has 1 aliphatic rings. The van der Waals surface area contributed by atoms with Crippen LogP contribution in [0.4, 0.5) is 0 Å². The van der Waals surface area contributed by atoms with Gasteiger partial charge in [-0.3, -0.25) is 0 Å². The predicted molar refractivity (Wildman–Crippen MR) is 92.9 cm³/mol. The quantitative estimate of drug-likeness (QED) is 0.512. The monoisotopic (exact) mass is 467 g/mol. The van der Waals surface area contributed by atoms with Gasteiger partial charge in [0.05, 0.1) is 16.1 Å². The van der Waals surface area contributed by atoms with Crippen molar-refractivity contribution in [2.24, 2.45) is 0 Å². The number of rotatable bonds is 1. The van der Waals surface area contributed by atoms with E-state index < -0.39 is 0 Å². The van der Waals surface area contributed by atoms with Crippen LogP contribution >= 0.6 is 47.8 Å². The lowest BCUT2D eigenvalue weighted by atomic mass is 9.97. The molecule has 1 heterocycles. The third-order valence-electron chi connectivity index (χ3n) is 3.17. The van der Waals surface area contributed by atoms with Gasteiger partial charge in [0.25, 0.3) is 0 Å². The molecule has 21 heavy (non-hydrogen) atoms. The van der Waals surface area contributed by atoms with Crippen LogP contribution in [0.15, 0.2) is 55.4 Å². The molecule has 0 radical (unpaired) electrons. The number of halogens is 3. The van der Waals surface area contributed by atoms with Gasteiger partial charge in [-0.25, -0.2) is 0 Å². The Morgan fingerprint density at radius 2 is 1.71 bits per heavy atom. The molecule has 1 aliphatic heterocycles. The van der Waals surface area contributed by atoms with Gasteiger partial charge in [0, 0.05) is 14.5 Å². The zero-order valence-electron chi connectivity index (χ0n) is 10.6. The van der Waals surface area contributed by atoms with Gasteiger partial charge in [0.2, 0.25) is 0 Å². The first-order chi connectivity index (χ1) is 10.1. The van der Waals surface area contributed by atoms with Gasteiger partial charge in [-0.2, -0.15) is 5.26 Å². The standard InChI is InChI=1S/C16H8Br3NO/c17-12-3-1-9(2-4-12)15-11(8-20)5-10-6-13(18)7-14(19)16(10)21-15/h1-7,15H. The fraction of sp³-hybridized carbons (Fsp3) is 0.0625. The van der Waals surface area contributed by atoms with E-state index in [0.717, 1.165) is 30.3 Å². The van der Waals surface area contributed by atoms with Crippen LogP contribution in [0.1, 0.15) is 17.2 Å². The van der Waals surface area contributed by atoms with E-state index >= 15 is 0 Å². The highest BCUT2D eigenvalue weighted by Crippen LogP contribution is 2.42. The Labute approximate surface area is 147 Å². The average molecular weight is 470 g/mol. The second kappa shape index (κ2) is 5.96. The summed E-state index contributed by atoms with van der Waals surface area (Å²) in [5, 5.41) is 9.41. The summed E-state index contributed by atoms with van der Waals surface area (Å²) in [4.78, 5) is 0.